The number of carbonyl (C=O) groups is 1. The van der Waals surface area contributed by atoms with Crippen LogP contribution in [0.5, 0.6) is 0 Å². The second kappa shape index (κ2) is 6.74. The Bertz CT molecular complexity index is 1280. The third-order valence-corrected chi connectivity index (χ3v) is 5.76. The average Bonchev–Trinajstić information content (AvgIpc) is 3.16. The molecule has 0 bridgehead atoms. The largest absolute Gasteiger partial charge is 0.365 e. The second-order valence-corrected chi connectivity index (χ2v) is 7.51. The monoisotopic (exact) mass is 384 g/mol. The first kappa shape index (κ1) is 17.4. The summed E-state index contributed by atoms with van der Waals surface area (Å²) in [6.45, 7) is 0. The highest BCUT2D eigenvalue weighted by molar-refractivity contribution is 6.00. The fourth-order valence-electron chi connectivity index (χ4n) is 4.02. The molecule has 6 nitrogen and oxygen atoms in total. The molecular formula is C23H20N4O2. The zero-order valence-corrected chi connectivity index (χ0v) is 15.7. The van der Waals surface area contributed by atoms with E-state index in [1.54, 1.807) is 12.3 Å². The zero-order valence-electron chi connectivity index (χ0n) is 15.7. The molecule has 0 aliphatic heterocycles. The Morgan fingerprint density at radius 1 is 1.07 bits per heavy atom. The van der Waals surface area contributed by atoms with Crippen LogP contribution < -0.4 is 11.3 Å². The average molecular weight is 384 g/mol. The van der Waals surface area contributed by atoms with E-state index >= 15 is 0 Å². The number of hydrogen-bond donors (Lipinski definition) is 3. The van der Waals surface area contributed by atoms with Gasteiger partial charge in [-0.15, -0.1) is 0 Å². The summed E-state index contributed by atoms with van der Waals surface area (Å²) in [6, 6.07) is 15.5. The number of fused-ring (bicyclic) bond motifs is 1. The molecule has 2 heterocycles. The first-order chi connectivity index (χ1) is 14.1. The van der Waals surface area contributed by atoms with Gasteiger partial charge in [0.05, 0.1) is 17.4 Å². The highest BCUT2D eigenvalue weighted by Crippen LogP contribution is 2.43. The lowest BCUT2D eigenvalue weighted by Crippen LogP contribution is -2.23. The minimum Gasteiger partial charge on any atom is -0.365 e. The van der Waals surface area contributed by atoms with Crippen LogP contribution in [0, 0.1) is 0 Å². The van der Waals surface area contributed by atoms with Gasteiger partial charge in [-0.05, 0) is 35.8 Å². The van der Waals surface area contributed by atoms with Gasteiger partial charge in [-0.1, -0.05) is 48.9 Å². The number of aromatic nitrogens is 3. The molecular weight excluding hydrogens is 364 g/mol. The molecule has 1 aliphatic carbocycles. The van der Waals surface area contributed by atoms with Crippen molar-refractivity contribution in [3.8, 4) is 22.6 Å². The van der Waals surface area contributed by atoms with Gasteiger partial charge >= 0.3 is 0 Å². The van der Waals surface area contributed by atoms with Gasteiger partial charge in [0.1, 0.15) is 11.4 Å². The maximum atomic E-state index is 12.5. The molecule has 0 radical (unpaired) electrons. The van der Waals surface area contributed by atoms with Gasteiger partial charge in [-0.25, -0.2) is 4.98 Å². The third-order valence-electron chi connectivity index (χ3n) is 5.76. The number of amides is 1. The molecule has 0 saturated heterocycles. The smallest absolute Gasteiger partial charge is 0.261 e. The minimum atomic E-state index is -0.731. The Kier molecular flexibility index (Phi) is 4.05. The van der Waals surface area contributed by atoms with Gasteiger partial charge in [0.25, 0.3) is 11.5 Å². The fourth-order valence-corrected chi connectivity index (χ4v) is 4.02. The van der Waals surface area contributed by atoms with Crippen molar-refractivity contribution in [2.75, 3.05) is 0 Å². The van der Waals surface area contributed by atoms with Crippen LogP contribution in [-0.2, 0) is 0 Å². The number of imidazole rings is 1. The number of rotatable bonds is 4. The maximum absolute atomic E-state index is 12.5. The lowest BCUT2D eigenvalue weighted by Gasteiger charge is -2.28. The predicted octanol–water partition coefficient (Wildman–Crippen LogP) is 3.95. The quantitative estimate of drug-likeness (QED) is 0.496. The van der Waals surface area contributed by atoms with E-state index in [1.165, 1.54) is 12.0 Å². The summed E-state index contributed by atoms with van der Waals surface area (Å²) in [5.74, 6) is 0.496. The van der Waals surface area contributed by atoms with Crippen LogP contribution in [0.15, 0.2) is 59.5 Å². The second-order valence-electron chi connectivity index (χ2n) is 7.51. The number of nitrogens with zero attached hydrogens (tertiary/aromatic N) is 1. The first-order valence-corrected chi connectivity index (χ1v) is 9.72. The molecule has 2 aromatic heterocycles. The molecule has 29 heavy (non-hydrogen) atoms. The van der Waals surface area contributed by atoms with Gasteiger partial charge < -0.3 is 15.7 Å². The summed E-state index contributed by atoms with van der Waals surface area (Å²) in [5.41, 5.74) is 9.52. The lowest BCUT2D eigenvalue weighted by atomic mass is 9.77. The van der Waals surface area contributed by atoms with Crippen molar-refractivity contribution in [1.29, 1.82) is 0 Å². The predicted molar refractivity (Wildman–Crippen MR) is 113 cm³/mol. The van der Waals surface area contributed by atoms with Gasteiger partial charge in [0.15, 0.2) is 0 Å². The van der Waals surface area contributed by atoms with E-state index in [-0.39, 0.29) is 5.56 Å². The summed E-state index contributed by atoms with van der Waals surface area (Å²) >= 11 is 0. The highest BCUT2D eigenvalue weighted by atomic mass is 16.2. The van der Waals surface area contributed by atoms with E-state index in [1.807, 2.05) is 36.4 Å². The van der Waals surface area contributed by atoms with Crippen LogP contribution in [0.2, 0.25) is 0 Å². The minimum absolute atomic E-state index is 0.0329. The van der Waals surface area contributed by atoms with Crippen molar-refractivity contribution in [1.82, 2.24) is 15.0 Å². The molecule has 0 unspecified atom stereocenters. The molecule has 5 rings (SSSR count). The van der Waals surface area contributed by atoms with E-state index < -0.39 is 11.5 Å². The van der Waals surface area contributed by atoms with Crippen molar-refractivity contribution < 1.29 is 4.79 Å². The molecule has 2 aromatic carbocycles. The topological polar surface area (TPSA) is 105 Å². The van der Waals surface area contributed by atoms with Crippen LogP contribution in [0.1, 0.15) is 41.1 Å². The number of H-pyrrole nitrogens is 2. The van der Waals surface area contributed by atoms with Crippen LogP contribution in [0.25, 0.3) is 33.5 Å². The Hall–Kier alpha value is -3.67. The Morgan fingerprint density at radius 3 is 2.55 bits per heavy atom. The van der Waals surface area contributed by atoms with Gasteiger partial charge in [0.2, 0.25) is 0 Å². The molecule has 0 spiro atoms. The number of nitrogens with two attached hydrogens (primary N) is 1. The lowest BCUT2D eigenvalue weighted by molar-refractivity contribution is 0.0999. The maximum Gasteiger partial charge on any atom is 0.261 e. The number of hydrogen-bond acceptors (Lipinski definition) is 3. The normalized spacial score (nSPS) is 14.1. The molecule has 6 heteroatoms. The van der Waals surface area contributed by atoms with Crippen molar-refractivity contribution >= 4 is 16.8 Å². The molecule has 144 valence electrons. The summed E-state index contributed by atoms with van der Waals surface area (Å²) in [4.78, 5) is 34.9. The van der Waals surface area contributed by atoms with Crippen molar-refractivity contribution in [2.45, 2.75) is 25.2 Å². The number of carbonyl (C=O) groups excluding carboxylic acids is 1. The van der Waals surface area contributed by atoms with Gasteiger partial charge in [-0.3, -0.25) is 9.59 Å². The summed E-state index contributed by atoms with van der Waals surface area (Å²) in [6.07, 6.45) is 5.26. The molecule has 1 amide bonds. The number of aromatic amines is 2. The summed E-state index contributed by atoms with van der Waals surface area (Å²) in [5, 5.41) is 0.771. The third kappa shape index (κ3) is 2.93. The van der Waals surface area contributed by atoms with Crippen LogP contribution in [0.4, 0.5) is 0 Å². The Morgan fingerprint density at radius 2 is 1.86 bits per heavy atom. The standard InChI is InChI=1S/C23H20N4O2/c24-21(28)17-11-15-9-10-16(13-7-4-8-13)19(20(15)27-23(17)29)18-12-25-22(26-18)14-5-2-1-3-6-14/h1-3,5-6,9-13H,4,7-8H2,(H2,24,28)(H,25,26)(H,27,29). The van der Waals surface area contributed by atoms with E-state index in [9.17, 15) is 9.59 Å². The molecule has 1 saturated carbocycles. The molecule has 1 aliphatic rings. The first-order valence-electron chi connectivity index (χ1n) is 9.72. The summed E-state index contributed by atoms with van der Waals surface area (Å²) in [7, 11) is 0. The van der Waals surface area contributed by atoms with Crippen molar-refractivity contribution in [3.05, 3.63) is 76.2 Å². The van der Waals surface area contributed by atoms with E-state index in [0.717, 1.165) is 40.9 Å². The zero-order chi connectivity index (χ0) is 20.0. The van der Waals surface area contributed by atoms with Crippen LogP contribution in [-0.4, -0.2) is 20.9 Å². The molecule has 1 fully saturated rings. The number of pyridine rings is 1. The van der Waals surface area contributed by atoms with Crippen molar-refractivity contribution in [2.24, 2.45) is 5.73 Å². The van der Waals surface area contributed by atoms with Crippen molar-refractivity contribution in [3.63, 3.8) is 0 Å². The van der Waals surface area contributed by atoms with Crippen LogP contribution >= 0.6 is 0 Å². The highest BCUT2D eigenvalue weighted by Gasteiger charge is 2.25. The SMILES string of the molecule is NC(=O)c1cc2ccc(C3CCC3)c(-c3cnc(-c4ccccc4)[nH]3)c2[nH]c1=O. The van der Waals surface area contributed by atoms with Gasteiger partial charge in [-0.2, -0.15) is 0 Å². The van der Waals surface area contributed by atoms with E-state index in [4.69, 9.17) is 5.73 Å². The number of nitrogens with one attached hydrogen (secondary N) is 2. The number of primary amides is 1. The molecule has 0 atom stereocenters. The Balaban J connectivity index is 1.74. The summed E-state index contributed by atoms with van der Waals surface area (Å²) < 4.78 is 0. The van der Waals surface area contributed by atoms with E-state index in [2.05, 4.69) is 21.0 Å². The van der Waals surface area contributed by atoms with Gasteiger partial charge in [0, 0.05) is 11.1 Å². The molecule has 4 aromatic rings. The fraction of sp³-hybridized carbons (Fsp3) is 0.174. The molecule has 4 N–H and O–H groups in total. The number of benzene rings is 2. The van der Waals surface area contributed by atoms with Crippen LogP contribution in [0.3, 0.4) is 0 Å². The Labute approximate surface area is 166 Å². The van der Waals surface area contributed by atoms with E-state index in [0.29, 0.717) is 11.4 Å².